The maximum absolute atomic E-state index is 13.7. The van der Waals surface area contributed by atoms with Crippen LogP contribution in [0.2, 0.25) is 0 Å². The molecule has 1 rings (SSSR count). The van der Waals surface area contributed by atoms with E-state index in [4.69, 9.17) is 13.7 Å². The first-order valence-electron chi connectivity index (χ1n) is 11.8. The van der Waals surface area contributed by atoms with Gasteiger partial charge in [-0.1, -0.05) is 6.92 Å². The number of amides is 3. The Bertz CT molecular complexity index is 892. The summed E-state index contributed by atoms with van der Waals surface area (Å²) in [4.78, 5) is 53.7. The largest absolute Gasteiger partial charge is 0.480 e. The van der Waals surface area contributed by atoms with Gasteiger partial charge < -0.3 is 19.5 Å². The minimum atomic E-state index is -3.76. The van der Waals surface area contributed by atoms with Crippen molar-refractivity contribution in [3.63, 3.8) is 0 Å². The van der Waals surface area contributed by atoms with Crippen LogP contribution < -0.4 is 0 Å². The fourth-order valence-electron chi connectivity index (χ4n) is 3.63. The highest BCUT2D eigenvalue weighted by Crippen LogP contribution is 2.27. The third-order valence-electron chi connectivity index (χ3n) is 5.13. The zero-order valence-electron chi connectivity index (χ0n) is 22.4. The van der Waals surface area contributed by atoms with Crippen molar-refractivity contribution in [1.82, 2.24) is 9.80 Å². The Labute approximate surface area is 213 Å². The highest BCUT2D eigenvalue weighted by atomic mass is 32.2. The molecule has 13 heteroatoms. The first kappa shape index (κ1) is 31.6. The summed E-state index contributed by atoms with van der Waals surface area (Å²) in [6.07, 6.45) is -0.899. The molecule has 0 aliphatic carbocycles. The van der Waals surface area contributed by atoms with Crippen molar-refractivity contribution in [3.8, 4) is 0 Å². The third-order valence-corrected chi connectivity index (χ3v) is 5.72. The fraction of sp³-hybridized carbons (Fsp3) is 0.826. The Kier molecular flexibility index (Phi) is 10.7. The Morgan fingerprint density at radius 2 is 1.53 bits per heavy atom. The second-order valence-corrected chi connectivity index (χ2v) is 12.7. The molecule has 0 unspecified atom stereocenters. The zero-order valence-corrected chi connectivity index (χ0v) is 23.2. The number of likely N-dealkylation sites (tertiary alicyclic amines) is 1. The predicted octanol–water partition coefficient (Wildman–Crippen LogP) is 3.00. The molecule has 3 atom stereocenters. The Morgan fingerprint density at radius 3 is 1.94 bits per heavy atom. The first-order chi connectivity index (χ1) is 16.2. The summed E-state index contributed by atoms with van der Waals surface area (Å²) in [7, 11) is -3.76. The van der Waals surface area contributed by atoms with Crippen molar-refractivity contribution in [2.45, 2.75) is 97.4 Å². The third kappa shape index (κ3) is 10.7. The summed E-state index contributed by atoms with van der Waals surface area (Å²) in [6, 6.07) is -2.65. The number of carbonyl (C=O) groups excluding carboxylic acids is 3. The number of nitrogens with zero attached hydrogens (tertiary/aromatic N) is 2. The highest BCUT2D eigenvalue weighted by molar-refractivity contribution is 7.85. The van der Waals surface area contributed by atoms with Crippen molar-refractivity contribution >= 4 is 34.2 Å². The standard InChI is InChI=1S/C23H40N2O10S/c1-15-11-12-24(17(14-15)19(27)28)18(26)16(10-9-13-33-36(8,31)32)25(20(29)34-22(2,3)4)21(30)35-23(5,6)7/h15-17H,9-14H2,1-8H3,(H,27,28)/t15-,16+,17-/m1/s1. The lowest BCUT2D eigenvalue weighted by Crippen LogP contribution is -2.59. The minimum absolute atomic E-state index is 0.0342. The van der Waals surface area contributed by atoms with E-state index in [1.807, 2.05) is 6.92 Å². The van der Waals surface area contributed by atoms with Gasteiger partial charge in [-0.05, 0) is 73.1 Å². The second-order valence-electron chi connectivity index (χ2n) is 11.0. The van der Waals surface area contributed by atoms with Crippen LogP contribution in [0.15, 0.2) is 0 Å². The molecule has 36 heavy (non-hydrogen) atoms. The molecule has 1 aliphatic heterocycles. The summed E-state index contributed by atoms with van der Waals surface area (Å²) < 4.78 is 38.2. The predicted molar refractivity (Wildman–Crippen MR) is 130 cm³/mol. The van der Waals surface area contributed by atoms with Crippen LogP contribution in [0.4, 0.5) is 9.59 Å². The van der Waals surface area contributed by atoms with Crippen LogP contribution in [-0.2, 0) is 33.4 Å². The number of piperidine rings is 1. The lowest BCUT2D eigenvalue weighted by atomic mass is 9.91. The number of aliphatic carboxylic acids is 1. The Balaban J connectivity index is 3.45. The zero-order chi connectivity index (χ0) is 28.1. The molecule has 0 aromatic rings. The minimum Gasteiger partial charge on any atom is -0.480 e. The normalized spacial score (nSPS) is 19.8. The number of imide groups is 1. The summed E-state index contributed by atoms with van der Waals surface area (Å²) >= 11 is 0. The monoisotopic (exact) mass is 536 g/mol. The summed E-state index contributed by atoms with van der Waals surface area (Å²) in [5.41, 5.74) is -2.04. The molecule has 208 valence electrons. The van der Waals surface area contributed by atoms with Gasteiger partial charge in [0.15, 0.2) is 0 Å². The fourth-order valence-corrected chi connectivity index (χ4v) is 4.05. The molecular formula is C23H40N2O10S. The van der Waals surface area contributed by atoms with Gasteiger partial charge in [-0.3, -0.25) is 8.98 Å². The molecule has 1 fully saturated rings. The number of hydrogen-bond donors (Lipinski definition) is 1. The van der Waals surface area contributed by atoms with E-state index < -0.39 is 57.5 Å². The molecular weight excluding hydrogens is 496 g/mol. The molecule has 0 aromatic heterocycles. The van der Waals surface area contributed by atoms with Gasteiger partial charge in [0.05, 0.1) is 12.9 Å². The highest BCUT2D eigenvalue weighted by Gasteiger charge is 2.45. The summed E-state index contributed by atoms with van der Waals surface area (Å²) in [6.45, 7) is 11.2. The average molecular weight is 537 g/mol. The van der Waals surface area contributed by atoms with Crippen molar-refractivity contribution in [2.75, 3.05) is 19.4 Å². The molecule has 1 heterocycles. The number of hydrogen-bond acceptors (Lipinski definition) is 9. The number of carbonyl (C=O) groups is 4. The lowest BCUT2D eigenvalue weighted by Gasteiger charge is -2.40. The van der Waals surface area contributed by atoms with Crippen molar-refractivity contribution < 1.29 is 46.4 Å². The molecule has 1 saturated heterocycles. The Hall–Kier alpha value is -2.41. The van der Waals surface area contributed by atoms with E-state index in [2.05, 4.69) is 0 Å². The van der Waals surface area contributed by atoms with Crippen LogP contribution in [0.25, 0.3) is 0 Å². The van der Waals surface area contributed by atoms with E-state index >= 15 is 0 Å². The van der Waals surface area contributed by atoms with Crippen molar-refractivity contribution in [2.24, 2.45) is 5.92 Å². The smallest absolute Gasteiger partial charge is 0.420 e. The summed E-state index contributed by atoms with van der Waals surface area (Å²) in [5, 5.41) is 9.75. The topological polar surface area (TPSA) is 157 Å². The molecule has 0 bridgehead atoms. The number of ether oxygens (including phenoxy) is 2. The maximum atomic E-state index is 13.7. The molecule has 0 radical (unpaired) electrons. The van der Waals surface area contributed by atoms with Crippen LogP contribution in [0.3, 0.4) is 0 Å². The van der Waals surface area contributed by atoms with Crippen LogP contribution in [0, 0.1) is 5.92 Å². The van der Waals surface area contributed by atoms with E-state index in [1.165, 1.54) is 0 Å². The molecule has 1 aliphatic rings. The molecule has 3 amide bonds. The molecule has 0 aromatic carbocycles. The van der Waals surface area contributed by atoms with Crippen molar-refractivity contribution in [3.05, 3.63) is 0 Å². The van der Waals surface area contributed by atoms with Gasteiger partial charge in [-0.15, -0.1) is 0 Å². The van der Waals surface area contributed by atoms with Crippen LogP contribution in [0.5, 0.6) is 0 Å². The number of rotatable bonds is 8. The van der Waals surface area contributed by atoms with Gasteiger partial charge >= 0.3 is 18.2 Å². The van der Waals surface area contributed by atoms with E-state index in [1.54, 1.807) is 41.5 Å². The van der Waals surface area contributed by atoms with Crippen molar-refractivity contribution in [1.29, 1.82) is 0 Å². The Morgan fingerprint density at radius 1 is 1.03 bits per heavy atom. The summed E-state index contributed by atoms with van der Waals surface area (Å²) in [5.74, 6) is -1.91. The SMILES string of the molecule is C[C@@H]1CCN(C(=O)[C@H](CCCOS(C)(=O)=O)N(C(=O)OC(C)(C)C)C(=O)OC(C)(C)C)[C@@H](C(=O)O)C1. The number of carboxylic acid groups (broad SMARTS) is 1. The lowest BCUT2D eigenvalue weighted by molar-refractivity contribution is -0.155. The van der Waals surface area contributed by atoms with Crippen LogP contribution in [-0.4, -0.2) is 90.1 Å². The van der Waals surface area contributed by atoms with Gasteiger partial charge in [0.25, 0.3) is 10.1 Å². The van der Waals surface area contributed by atoms with Crippen LogP contribution >= 0.6 is 0 Å². The van der Waals surface area contributed by atoms with Gasteiger partial charge in [0, 0.05) is 6.54 Å². The van der Waals surface area contributed by atoms with E-state index in [0.29, 0.717) is 11.3 Å². The van der Waals surface area contributed by atoms with E-state index in [9.17, 15) is 32.7 Å². The maximum Gasteiger partial charge on any atom is 0.420 e. The van der Waals surface area contributed by atoms with Gasteiger partial charge in [0.2, 0.25) is 5.91 Å². The van der Waals surface area contributed by atoms with Crippen LogP contribution in [0.1, 0.15) is 74.1 Å². The number of carboxylic acids is 1. The van der Waals surface area contributed by atoms with E-state index in [-0.39, 0.29) is 38.3 Å². The molecule has 1 N–H and O–H groups in total. The molecule has 12 nitrogen and oxygen atoms in total. The van der Waals surface area contributed by atoms with Gasteiger partial charge in [-0.25, -0.2) is 14.4 Å². The quantitative estimate of drug-likeness (QED) is 0.361. The van der Waals surface area contributed by atoms with E-state index in [0.717, 1.165) is 11.2 Å². The molecule has 0 saturated carbocycles. The van der Waals surface area contributed by atoms with Gasteiger partial charge in [0.1, 0.15) is 23.3 Å². The average Bonchev–Trinajstić information content (AvgIpc) is 2.65. The van der Waals surface area contributed by atoms with Gasteiger partial charge in [-0.2, -0.15) is 13.3 Å². The second kappa shape index (κ2) is 12.2. The first-order valence-corrected chi connectivity index (χ1v) is 13.7. The molecule has 0 spiro atoms.